The predicted molar refractivity (Wildman–Crippen MR) is 106 cm³/mol. The minimum Gasteiger partial charge on any atom is -0.366 e. The molecule has 17 nitrogen and oxygen atoms in total. The Morgan fingerprint density at radius 1 is 0.906 bits per heavy atom. The lowest BCUT2D eigenvalue weighted by molar-refractivity contribution is 0.115. The maximum absolute atomic E-state index is 11.0. The highest BCUT2D eigenvalue weighted by Crippen LogP contribution is 2.68. The Morgan fingerprint density at radius 2 is 1.41 bits per heavy atom. The Morgan fingerprint density at radius 3 is 1.72 bits per heavy atom. The second-order valence-corrected chi connectivity index (χ2v) is 14.4. The molecule has 9 N–H and O–H groups in total. The molecule has 2 rings (SSSR count). The molecule has 0 aliphatic heterocycles. The molecule has 2 aromatic heterocycles. The number of hydrogen-bond donors (Lipinski definition) is 9. The van der Waals surface area contributed by atoms with Gasteiger partial charge in [0.15, 0.2) is 5.40 Å². The molecular weight excluding hydrogens is 520 g/mol. The molecule has 184 valence electrons. The first-order valence-electron chi connectivity index (χ1n) is 8.06. The number of nitrogens with zero attached hydrogens (tertiary/aromatic N) is 4. The van der Waals surface area contributed by atoms with Gasteiger partial charge in [0.2, 0.25) is 0 Å². The van der Waals surface area contributed by atoms with Gasteiger partial charge in [-0.2, -0.15) is 0 Å². The largest absolute Gasteiger partial charge is 0.371 e. The van der Waals surface area contributed by atoms with Crippen LogP contribution in [0.2, 0.25) is 0 Å². The van der Waals surface area contributed by atoms with Crippen LogP contribution in [0.1, 0.15) is 5.82 Å². The van der Waals surface area contributed by atoms with Crippen molar-refractivity contribution in [2.24, 2.45) is 7.05 Å². The number of imidazole rings is 2. The van der Waals surface area contributed by atoms with Crippen molar-refractivity contribution < 1.29 is 62.5 Å². The van der Waals surface area contributed by atoms with E-state index in [1.807, 2.05) is 0 Å². The smallest absolute Gasteiger partial charge is 0.366 e. The molecule has 32 heavy (non-hydrogen) atoms. The number of hydrogen-bond acceptors (Lipinski definition) is 7. The van der Waals surface area contributed by atoms with Crippen LogP contribution >= 0.6 is 30.4 Å². The van der Waals surface area contributed by atoms with Gasteiger partial charge in [-0.15, -0.1) is 0 Å². The zero-order valence-electron chi connectivity index (χ0n) is 16.1. The maximum Gasteiger partial charge on any atom is 0.371 e. The molecule has 0 saturated carbocycles. The number of rotatable bonds is 8. The van der Waals surface area contributed by atoms with Crippen LogP contribution in [0.5, 0.6) is 0 Å². The summed E-state index contributed by atoms with van der Waals surface area (Å²) in [6.07, 6.45) is 5.93. The molecule has 0 atom stereocenters. The third-order valence-electron chi connectivity index (χ3n) is 3.95. The van der Waals surface area contributed by atoms with Gasteiger partial charge in [-0.1, -0.05) is 0 Å². The zero-order chi connectivity index (χ0) is 25.2. The van der Waals surface area contributed by atoms with Crippen molar-refractivity contribution in [1.29, 1.82) is 0 Å². The standard InChI is InChI=1S/C6H12N2O6P2.C5H10N2O7P2/c1-8-3-2-7-5(8)4-6(15(9,10)11)16(12,13)14;8-5(15(9,10)11,16(12,13)14)3-7-2-1-6-4-7/h2-3,6H,4H2,1H3,(H2,9,10,11)(H2,12,13,14);1-2,4,8H,3H2,(H2,9,10,11)(H2,12,13,14). The van der Waals surface area contributed by atoms with Crippen LogP contribution in [0.15, 0.2) is 31.1 Å². The fraction of sp³-hybridized carbons (Fsp3) is 0.455. The van der Waals surface area contributed by atoms with Gasteiger partial charge < -0.3 is 53.4 Å². The quantitative estimate of drug-likeness (QED) is 0.172. The third kappa shape index (κ3) is 7.51. The first-order chi connectivity index (χ1) is 14.2. The lowest BCUT2D eigenvalue weighted by Gasteiger charge is -2.29. The summed E-state index contributed by atoms with van der Waals surface area (Å²) in [6.45, 7) is -0.957. The average molecular weight is 542 g/mol. The van der Waals surface area contributed by atoms with Crippen molar-refractivity contribution >= 4 is 30.4 Å². The van der Waals surface area contributed by atoms with E-state index in [9.17, 15) is 23.4 Å². The minimum absolute atomic E-state index is 0.205. The van der Waals surface area contributed by atoms with Crippen molar-refractivity contribution in [3.63, 3.8) is 0 Å². The Balaban J connectivity index is 0.000000320. The van der Waals surface area contributed by atoms with Gasteiger partial charge in [-0.25, -0.2) is 9.97 Å². The molecule has 21 heteroatoms. The Hall–Kier alpha value is -1.02. The van der Waals surface area contributed by atoms with E-state index in [4.69, 9.17) is 39.1 Å². The summed E-state index contributed by atoms with van der Waals surface area (Å²) in [6, 6.07) is 0. The second-order valence-electron chi connectivity index (χ2n) is 6.41. The molecule has 2 heterocycles. The van der Waals surface area contributed by atoms with Gasteiger partial charge >= 0.3 is 30.4 Å². The van der Waals surface area contributed by atoms with Gasteiger partial charge in [-0.3, -0.25) is 18.3 Å². The SMILES string of the molecule is Cn1ccnc1CC(P(=O)(O)O)P(=O)(O)O.O=P(O)(O)C(O)(Cn1ccnc1)P(=O)(O)O. The maximum atomic E-state index is 11.0. The van der Waals surface area contributed by atoms with Gasteiger partial charge in [0.1, 0.15) is 5.82 Å². The van der Waals surface area contributed by atoms with Gasteiger partial charge in [-0.05, 0) is 0 Å². The zero-order valence-corrected chi connectivity index (χ0v) is 19.7. The fourth-order valence-corrected chi connectivity index (χ4v) is 6.59. The van der Waals surface area contributed by atoms with E-state index >= 15 is 0 Å². The van der Waals surface area contributed by atoms with Crippen molar-refractivity contribution in [2.75, 3.05) is 0 Å². The van der Waals surface area contributed by atoms with Crippen molar-refractivity contribution in [3.8, 4) is 0 Å². The Kier molecular flexibility index (Phi) is 9.14. The van der Waals surface area contributed by atoms with E-state index in [0.29, 0.717) is 0 Å². The molecule has 0 fully saturated rings. The predicted octanol–water partition coefficient (Wildman–Crippen LogP) is -1.47. The van der Waals surface area contributed by atoms with Crippen LogP contribution in [0, 0.1) is 0 Å². The van der Waals surface area contributed by atoms with Crippen LogP contribution in [-0.4, -0.2) is 73.8 Å². The number of aromatic nitrogens is 4. The Bertz CT molecular complexity index is 1030. The molecule has 0 unspecified atom stereocenters. The Labute approximate surface area is 180 Å². The van der Waals surface area contributed by atoms with E-state index in [2.05, 4.69) is 9.97 Å². The van der Waals surface area contributed by atoms with Crippen molar-refractivity contribution in [1.82, 2.24) is 19.1 Å². The molecule has 0 radical (unpaired) electrons. The molecule has 0 aromatic carbocycles. The van der Waals surface area contributed by atoms with Crippen LogP contribution in [0.25, 0.3) is 0 Å². The molecule has 2 aromatic rings. The van der Waals surface area contributed by atoms with E-state index in [-0.39, 0.29) is 5.82 Å². The second kappa shape index (κ2) is 10.1. The molecule has 0 saturated heterocycles. The third-order valence-corrected chi connectivity index (χ3v) is 11.4. The monoisotopic (exact) mass is 542 g/mol. The summed E-state index contributed by atoms with van der Waals surface area (Å²) in [7, 11) is -19.0. The summed E-state index contributed by atoms with van der Waals surface area (Å²) in [5, 5.41) is 4.00. The first kappa shape index (κ1) is 29.0. The number of aliphatic hydroxyl groups is 1. The van der Waals surface area contributed by atoms with Crippen LogP contribution in [0.3, 0.4) is 0 Å². The van der Waals surface area contributed by atoms with Gasteiger partial charge in [0, 0.05) is 38.3 Å². The molecular formula is C11H22N4O13P4. The van der Waals surface area contributed by atoms with E-state index in [1.165, 1.54) is 29.4 Å². The topological polar surface area (TPSA) is 286 Å². The normalized spacial score (nSPS) is 13.7. The summed E-state index contributed by atoms with van der Waals surface area (Å²) in [5.74, 6) is 0.205. The summed E-state index contributed by atoms with van der Waals surface area (Å²) < 4.78 is 46.3. The molecule has 0 aliphatic carbocycles. The molecule has 0 spiro atoms. The first-order valence-corrected chi connectivity index (χ1v) is 14.6. The van der Waals surface area contributed by atoms with Gasteiger partial charge in [0.05, 0.1) is 12.9 Å². The molecule has 0 amide bonds. The van der Waals surface area contributed by atoms with E-state index < -0.39 is 53.8 Å². The molecule has 0 aliphatic rings. The summed E-state index contributed by atoms with van der Waals surface area (Å²) in [4.78, 5) is 78.0. The highest BCUT2D eigenvalue weighted by Gasteiger charge is 2.59. The van der Waals surface area contributed by atoms with Crippen molar-refractivity contribution in [3.05, 3.63) is 36.9 Å². The minimum atomic E-state index is -5.41. The lowest BCUT2D eigenvalue weighted by atomic mass is 10.4. The van der Waals surface area contributed by atoms with Crippen LogP contribution in [-0.2, 0) is 38.3 Å². The van der Waals surface area contributed by atoms with Crippen LogP contribution in [0.4, 0.5) is 0 Å². The van der Waals surface area contributed by atoms with Crippen LogP contribution < -0.4 is 0 Å². The van der Waals surface area contributed by atoms with E-state index in [1.54, 1.807) is 7.05 Å². The highest BCUT2D eigenvalue weighted by atomic mass is 31.2. The fourth-order valence-electron chi connectivity index (χ4n) is 2.17. The van der Waals surface area contributed by atoms with Crippen molar-refractivity contribution in [2.45, 2.75) is 23.4 Å². The summed E-state index contributed by atoms with van der Waals surface area (Å²) in [5.41, 5.74) is 0. The number of aryl methyl sites for hydroxylation is 1. The average Bonchev–Trinajstić information content (AvgIpc) is 3.20. The van der Waals surface area contributed by atoms with E-state index in [0.717, 1.165) is 10.9 Å². The summed E-state index contributed by atoms with van der Waals surface area (Å²) >= 11 is 0. The molecule has 0 bridgehead atoms. The van der Waals surface area contributed by atoms with Gasteiger partial charge in [0.25, 0.3) is 5.08 Å². The highest BCUT2D eigenvalue weighted by molar-refractivity contribution is 7.72. The lowest BCUT2D eigenvalue weighted by Crippen LogP contribution is -2.33.